The third-order valence-electron chi connectivity index (χ3n) is 5.13. The lowest BCUT2D eigenvalue weighted by atomic mass is 10.0. The topological polar surface area (TPSA) is 102 Å². The monoisotopic (exact) mass is 446 g/mol. The molecule has 0 saturated carbocycles. The third kappa shape index (κ3) is 5.14. The van der Waals surface area contributed by atoms with Gasteiger partial charge >= 0.3 is 4.87 Å². The molecule has 0 fully saturated rings. The van der Waals surface area contributed by atoms with Crippen molar-refractivity contribution in [3.63, 3.8) is 0 Å². The maximum atomic E-state index is 12.4. The number of thiazole rings is 1. The Hall–Kier alpha value is -3.68. The van der Waals surface area contributed by atoms with Crippen molar-refractivity contribution in [3.8, 4) is 17.0 Å². The van der Waals surface area contributed by atoms with E-state index >= 15 is 0 Å². The van der Waals surface area contributed by atoms with Gasteiger partial charge in [-0.1, -0.05) is 65.9 Å². The van der Waals surface area contributed by atoms with Crippen LogP contribution < -0.4 is 10.2 Å². The second-order valence-corrected chi connectivity index (χ2v) is 8.47. The van der Waals surface area contributed by atoms with Gasteiger partial charge in [0.05, 0.1) is 11.5 Å². The smallest absolute Gasteiger partial charge is 0.307 e. The van der Waals surface area contributed by atoms with E-state index in [1.807, 2.05) is 48.5 Å². The molecule has 0 atom stereocenters. The van der Waals surface area contributed by atoms with Crippen LogP contribution >= 0.6 is 11.3 Å². The molecule has 0 saturated heterocycles. The first kappa shape index (κ1) is 21.5. The lowest BCUT2D eigenvalue weighted by Crippen LogP contribution is -2.22. The van der Waals surface area contributed by atoms with E-state index in [4.69, 9.17) is 5.11 Å². The Labute approximate surface area is 188 Å². The number of aliphatic hydroxyl groups is 1. The molecule has 4 N–H and O–H groups in total. The second kappa shape index (κ2) is 9.64. The maximum absolute atomic E-state index is 12.4. The van der Waals surface area contributed by atoms with Gasteiger partial charge in [-0.15, -0.1) is 0 Å². The van der Waals surface area contributed by atoms with Crippen molar-refractivity contribution in [3.05, 3.63) is 110 Å². The van der Waals surface area contributed by atoms with E-state index in [9.17, 15) is 14.7 Å². The van der Waals surface area contributed by atoms with Crippen LogP contribution in [0.1, 0.15) is 31.9 Å². The highest BCUT2D eigenvalue weighted by Gasteiger charge is 2.09. The van der Waals surface area contributed by atoms with Gasteiger partial charge in [0.25, 0.3) is 5.91 Å². The molecule has 0 aliphatic rings. The number of carbonyl (C=O) groups is 1. The van der Waals surface area contributed by atoms with Gasteiger partial charge in [-0.25, -0.2) is 0 Å². The molecule has 3 aromatic carbocycles. The van der Waals surface area contributed by atoms with Crippen molar-refractivity contribution in [2.24, 2.45) is 0 Å². The molecule has 6 nitrogen and oxygen atoms in total. The lowest BCUT2D eigenvalue weighted by Gasteiger charge is -2.09. The molecular formula is C25H22N2O4S. The number of nitrogens with one attached hydrogen (secondary N) is 2. The highest BCUT2D eigenvalue weighted by molar-refractivity contribution is 7.09. The van der Waals surface area contributed by atoms with Crippen LogP contribution in [-0.4, -0.2) is 21.1 Å². The molecule has 0 aliphatic carbocycles. The standard InChI is InChI=1S/C25H22N2O4S/c28-15-17-6-10-20(11-7-17)23(29)26-14-18-2-1-3-21(12-18)19-8-4-16(5-9-19)13-22-24(30)27-25(31)32-22/h1-12,28,30H,13-15H2,(H,26,29)(H,27,31). The average molecular weight is 447 g/mol. The summed E-state index contributed by atoms with van der Waals surface area (Å²) in [6, 6.07) is 22.8. The highest BCUT2D eigenvalue weighted by atomic mass is 32.1. The summed E-state index contributed by atoms with van der Waals surface area (Å²) in [5.41, 5.74) is 5.36. The number of aromatic nitrogens is 1. The van der Waals surface area contributed by atoms with Gasteiger partial charge < -0.3 is 15.5 Å². The van der Waals surface area contributed by atoms with E-state index < -0.39 is 0 Å². The SMILES string of the molecule is O=C(NCc1cccc(-c2ccc(Cc3sc(=O)[nH]c3O)cc2)c1)c1ccc(CO)cc1. The Kier molecular flexibility index (Phi) is 6.49. The molecule has 0 bridgehead atoms. The van der Waals surface area contributed by atoms with Crippen molar-refractivity contribution in [2.45, 2.75) is 19.6 Å². The number of H-pyrrole nitrogens is 1. The van der Waals surface area contributed by atoms with E-state index in [2.05, 4.69) is 10.3 Å². The quantitative estimate of drug-likeness (QED) is 0.347. The Morgan fingerprint density at radius 1 is 0.906 bits per heavy atom. The fourth-order valence-electron chi connectivity index (χ4n) is 3.38. The predicted octanol–water partition coefficient (Wildman–Crippen LogP) is 3.82. The van der Waals surface area contributed by atoms with Gasteiger partial charge in [-0.3, -0.25) is 14.6 Å². The van der Waals surface area contributed by atoms with E-state index in [0.717, 1.165) is 39.2 Å². The fraction of sp³-hybridized carbons (Fsp3) is 0.120. The van der Waals surface area contributed by atoms with Crippen LogP contribution in [-0.2, 0) is 19.6 Å². The molecule has 1 aromatic heterocycles. The number of hydrogen-bond acceptors (Lipinski definition) is 5. The molecular weight excluding hydrogens is 424 g/mol. The average Bonchev–Trinajstić information content (AvgIpc) is 3.14. The molecule has 7 heteroatoms. The first-order valence-corrected chi connectivity index (χ1v) is 10.9. The number of benzene rings is 3. The summed E-state index contributed by atoms with van der Waals surface area (Å²) in [7, 11) is 0. The maximum Gasteiger partial charge on any atom is 0.307 e. The molecule has 4 rings (SSSR count). The second-order valence-electron chi connectivity index (χ2n) is 7.40. The minimum absolute atomic E-state index is 0.0498. The summed E-state index contributed by atoms with van der Waals surface area (Å²) < 4.78 is 0. The number of aliphatic hydroxyl groups excluding tert-OH is 1. The van der Waals surface area contributed by atoms with Gasteiger partial charge in [0, 0.05) is 18.5 Å². The van der Waals surface area contributed by atoms with Crippen molar-refractivity contribution in [1.82, 2.24) is 10.3 Å². The van der Waals surface area contributed by atoms with Crippen LogP contribution in [0.2, 0.25) is 0 Å². The number of hydrogen-bond donors (Lipinski definition) is 4. The van der Waals surface area contributed by atoms with E-state index in [0.29, 0.717) is 23.4 Å². The Morgan fingerprint density at radius 3 is 2.28 bits per heavy atom. The predicted molar refractivity (Wildman–Crippen MR) is 125 cm³/mol. The van der Waals surface area contributed by atoms with Crippen molar-refractivity contribution >= 4 is 17.2 Å². The van der Waals surface area contributed by atoms with Crippen molar-refractivity contribution in [2.75, 3.05) is 0 Å². The van der Waals surface area contributed by atoms with Crippen LogP contribution in [0.3, 0.4) is 0 Å². The van der Waals surface area contributed by atoms with Crippen LogP contribution in [0.5, 0.6) is 5.88 Å². The minimum Gasteiger partial charge on any atom is -0.494 e. The minimum atomic E-state index is -0.264. The lowest BCUT2D eigenvalue weighted by molar-refractivity contribution is 0.0951. The van der Waals surface area contributed by atoms with Gasteiger partial charge in [-0.2, -0.15) is 0 Å². The zero-order chi connectivity index (χ0) is 22.5. The molecule has 0 radical (unpaired) electrons. The van der Waals surface area contributed by atoms with Crippen molar-refractivity contribution in [1.29, 1.82) is 0 Å². The van der Waals surface area contributed by atoms with Gasteiger partial charge in [-0.05, 0) is 46.0 Å². The fourth-order valence-corrected chi connectivity index (χ4v) is 4.14. The summed E-state index contributed by atoms with van der Waals surface area (Å²) in [5.74, 6) is -0.234. The third-order valence-corrected chi connectivity index (χ3v) is 6.00. The molecule has 1 amide bonds. The molecule has 4 aromatic rings. The van der Waals surface area contributed by atoms with Gasteiger partial charge in [0.2, 0.25) is 5.88 Å². The number of rotatable bonds is 7. The Morgan fingerprint density at radius 2 is 1.62 bits per heavy atom. The van der Waals surface area contributed by atoms with Crippen LogP contribution in [0.15, 0.2) is 77.6 Å². The molecule has 0 spiro atoms. The first-order chi connectivity index (χ1) is 15.5. The Bertz CT molecular complexity index is 1270. The molecule has 32 heavy (non-hydrogen) atoms. The summed E-state index contributed by atoms with van der Waals surface area (Å²) in [6.07, 6.45) is 0.487. The summed E-state index contributed by atoms with van der Waals surface area (Å²) >= 11 is 1.01. The summed E-state index contributed by atoms with van der Waals surface area (Å²) in [6.45, 7) is 0.351. The van der Waals surface area contributed by atoms with Gasteiger partial charge in [0.15, 0.2) is 0 Å². The van der Waals surface area contributed by atoms with Crippen LogP contribution in [0, 0.1) is 0 Å². The zero-order valence-corrected chi connectivity index (χ0v) is 18.0. The number of aromatic hydroxyl groups is 1. The molecule has 162 valence electrons. The number of carbonyl (C=O) groups excluding carboxylic acids is 1. The molecule has 1 heterocycles. The van der Waals surface area contributed by atoms with E-state index in [1.165, 1.54) is 0 Å². The molecule has 0 aliphatic heterocycles. The van der Waals surface area contributed by atoms with Crippen LogP contribution in [0.25, 0.3) is 11.1 Å². The largest absolute Gasteiger partial charge is 0.494 e. The zero-order valence-electron chi connectivity index (χ0n) is 17.2. The summed E-state index contributed by atoms with van der Waals surface area (Å²) in [5, 5.41) is 21.8. The highest BCUT2D eigenvalue weighted by Crippen LogP contribution is 2.24. The van der Waals surface area contributed by atoms with Crippen LogP contribution in [0.4, 0.5) is 0 Å². The normalized spacial score (nSPS) is 10.8. The van der Waals surface area contributed by atoms with Crippen molar-refractivity contribution < 1.29 is 15.0 Å². The van der Waals surface area contributed by atoms with E-state index in [1.54, 1.807) is 24.3 Å². The number of amides is 1. The first-order valence-electron chi connectivity index (χ1n) is 10.1. The van der Waals surface area contributed by atoms with E-state index in [-0.39, 0.29) is 23.3 Å². The molecule has 0 unspecified atom stereocenters. The van der Waals surface area contributed by atoms with Gasteiger partial charge in [0.1, 0.15) is 0 Å². The Balaban J connectivity index is 1.41. The summed E-state index contributed by atoms with van der Waals surface area (Å²) in [4.78, 5) is 26.5. The number of aromatic amines is 1.